The predicted octanol–water partition coefficient (Wildman–Crippen LogP) is 5.94. The second-order valence-electron chi connectivity index (χ2n) is 8.36. The Labute approximate surface area is 207 Å². The van der Waals surface area contributed by atoms with E-state index >= 15 is 0 Å². The number of hydrogen-bond donors (Lipinski definition) is 1. The smallest absolute Gasteiger partial charge is 0.258 e. The minimum absolute atomic E-state index is 0.210. The monoisotopic (exact) mass is 485 g/mol. The van der Waals surface area contributed by atoms with Gasteiger partial charge in [-0.15, -0.1) is 0 Å². The largest absolute Gasteiger partial charge is 0.494 e. The van der Waals surface area contributed by atoms with Gasteiger partial charge >= 0.3 is 0 Å². The number of amides is 1. The SMILES string of the molecule is CCOc1ccccc1C1CC(c2c(-c3ccccc3)c3cc(Cl)ccc3[nH]c2=O)=NN1C(C)=O. The van der Waals surface area contributed by atoms with Gasteiger partial charge < -0.3 is 9.72 Å². The van der Waals surface area contributed by atoms with E-state index in [1.165, 1.54) is 11.9 Å². The Morgan fingerprint density at radius 2 is 1.83 bits per heavy atom. The van der Waals surface area contributed by atoms with Crippen LogP contribution in [0.25, 0.3) is 22.0 Å². The minimum atomic E-state index is -0.386. The summed E-state index contributed by atoms with van der Waals surface area (Å²) in [5.74, 6) is 0.489. The lowest BCUT2D eigenvalue weighted by Gasteiger charge is -2.22. The van der Waals surface area contributed by atoms with Gasteiger partial charge in [0.1, 0.15) is 5.75 Å². The van der Waals surface area contributed by atoms with Crippen molar-refractivity contribution < 1.29 is 9.53 Å². The maximum atomic E-state index is 13.5. The van der Waals surface area contributed by atoms with Crippen molar-refractivity contribution in [1.29, 1.82) is 0 Å². The van der Waals surface area contributed by atoms with Crippen LogP contribution in [-0.4, -0.2) is 28.2 Å². The molecule has 3 aromatic carbocycles. The first-order valence-corrected chi connectivity index (χ1v) is 11.9. The highest BCUT2D eigenvalue weighted by atomic mass is 35.5. The molecule has 1 atom stereocenters. The van der Waals surface area contributed by atoms with E-state index in [1.54, 1.807) is 12.1 Å². The number of H-pyrrole nitrogens is 1. The van der Waals surface area contributed by atoms with Crippen molar-refractivity contribution in [2.24, 2.45) is 5.10 Å². The van der Waals surface area contributed by atoms with Crippen molar-refractivity contribution in [3.05, 3.63) is 99.3 Å². The van der Waals surface area contributed by atoms with Crippen molar-refractivity contribution in [3.63, 3.8) is 0 Å². The number of aromatic nitrogens is 1. The molecule has 0 bridgehead atoms. The Morgan fingerprint density at radius 3 is 2.57 bits per heavy atom. The highest BCUT2D eigenvalue weighted by Crippen LogP contribution is 2.40. The summed E-state index contributed by atoms with van der Waals surface area (Å²) in [4.78, 5) is 29.1. The van der Waals surface area contributed by atoms with Gasteiger partial charge in [-0.05, 0) is 36.8 Å². The number of aromatic amines is 1. The third-order valence-corrected chi connectivity index (χ3v) is 6.37. The van der Waals surface area contributed by atoms with Gasteiger partial charge in [0.2, 0.25) is 5.91 Å². The number of nitrogens with zero attached hydrogens (tertiary/aromatic N) is 2. The number of carbonyl (C=O) groups is 1. The van der Waals surface area contributed by atoms with E-state index in [4.69, 9.17) is 16.3 Å². The van der Waals surface area contributed by atoms with Gasteiger partial charge in [-0.3, -0.25) is 9.59 Å². The van der Waals surface area contributed by atoms with Crippen LogP contribution in [0.1, 0.15) is 37.4 Å². The molecular formula is C28H24ClN3O3. The van der Waals surface area contributed by atoms with Crippen molar-refractivity contribution in [2.75, 3.05) is 6.61 Å². The number of para-hydroxylation sites is 1. The zero-order valence-electron chi connectivity index (χ0n) is 19.4. The number of ether oxygens (including phenoxy) is 1. The highest BCUT2D eigenvalue weighted by Gasteiger charge is 2.35. The van der Waals surface area contributed by atoms with Crippen LogP contribution in [0, 0.1) is 0 Å². The molecule has 7 heteroatoms. The van der Waals surface area contributed by atoms with Gasteiger partial charge in [-0.2, -0.15) is 5.10 Å². The number of hydrazone groups is 1. The summed E-state index contributed by atoms with van der Waals surface area (Å²) in [7, 11) is 0. The lowest BCUT2D eigenvalue weighted by atomic mass is 9.91. The standard InChI is InChI=1S/C28H24ClN3O3/c1-3-35-25-12-8-7-11-20(25)24-16-23(31-32(24)17(2)33)27-26(18-9-5-4-6-10-18)21-15-19(29)13-14-22(21)30-28(27)34/h4-15,24H,3,16H2,1-2H3,(H,30,34). The van der Waals surface area contributed by atoms with Crippen molar-refractivity contribution in [2.45, 2.75) is 26.3 Å². The second kappa shape index (κ2) is 9.39. The van der Waals surface area contributed by atoms with E-state index in [0.29, 0.717) is 40.6 Å². The Hall–Kier alpha value is -3.90. The Kier molecular flexibility index (Phi) is 6.14. The first-order chi connectivity index (χ1) is 17.0. The summed E-state index contributed by atoms with van der Waals surface area (Å²) in [6.07, 6.45) is 0.374. The topological polar surface area (TPSA) is 74.8 Å². The Bertz CT molecular complexity index is 1510. The van der Waals surface area contributed by atoms with E-state index < -0.39 is 0 Å². The highest BCUT2D eigenvalue weighted by molar-refractivity contribution is 6.31. The maximum Gasteiger partial charge on any atom is 0.258 e. The van der Waals surface area contributed by atoms with E-state index in [9.17, 15) is 9.59 Å². The summed E-state index contributed by atoms with van der Waals surface area (Å²) < 4.78 is 5.83. The van der Waals surface area contributed by atoms with Crippen LogP contribution in [-0.2, 0) is 4.79 Å². The summed E-state index contributed by atoms with van der Waals surface area (Å²) in [6.45, 7) is 3.90. The van der Waals surface area contributed by atoms with Crippen molar-refractivity contribution in [1.82, 2.24) is 9.99 Å². The van der Waals surface area contributed by atoms with Crippen LogP contribution < -0.4 is 10.3 Å². The van der Waals surface area contributed by atoms with Crippen LogP contribution in [0.15, 0.2) is 82.7 Å². The Balaban J connectivity index is 1.73. The molecule has 1 amide bonds. The van der Waals surface area contributed by atoms with Crippen LogP contribution in [0.4, 0.5) is 0 Å². The first kappa shape index (κ1) is 22.9. The van der Waals surface area contributed by atoms with E-state index in [-0.39, 0.29) is 17.5 Å². The molecule has 2 heterocycles. The third kappa shape index (κ3) is 4.21. The number of halogens is 1. The molecule has 176 valence electrons. The molecule has 1 aromatic heterocycles. The fourth-order valence-electron chi connectivity index (χ4n) is 4.68. The number of hydrogen-bond acceptors (Lipinski definition) is 4. The number of fused-ring (bicyclic) bond motifs is 1. The number of nitrogens with one attached hydrogen (secondary N) is 1. The zero-order chi connectivity index (χ0) is 24.5. The van der Waals surface area contributed by atoms with Crippen LogP contribution in [0.3, 0.4) is 0 Å². The van der Waals surface area contributed by atoms with Gasteiger partial charge in [0.25, 0.3) is 5.56 Å². The molecule has 0 aliphatic carbocycles. The summed E-state index contributed by atoms with van der Waals surface area (Å²) in [5.41, 5.74) is 3.86. The molecule has 35 heavy (non-hydrogen) atoms. The van der Waals surface area contributed by atoms with Gasteiger partial charge in [-0.25, -0.2) is 5.01 Å². The average Bonchev–Trinajstić information content (AvgIpc) is 3.30. The number of carbonyl (C=O) groups excluding carboxylic acids is 1. The van der Waals surface area contributed by atoms with Crippen molar-refractivity contribution >= 4 is 34.1 Å². The minimum Gasteiger partial charge on any atom is -0.494 e. The normalized spacial score (nSPS) is 15.3. The fourth-order valence-corrected chi connectivity index (χ4v) is 4.85. The zero-order valence-corrected chi connectivity index (χ0v) is 20.2. The van der Waals surface area contributed by atoms with Crippen LogP contribution in [0.5, 0.6) is 5.75 Å². The predicted molar refractivity (Wildman–Crippen MR) is 139 cm³/mol. The lowest BCUT2D eigenvalue weighted by molar-refractivity contribution is -0.130. The van der Waals surface area contributed by atoms with Gasteiger partial charge in [0, 0.05) is 40.4 Å². The molecule has 1 N–H and O–H groups in total. The second-order valence-corrected chi connectivity index (χ2v) is 8.80. The third-order valence-electron chi connectivity index (χ3n) is 6.14. The summed E-state index contributed by atoms with van der Waals surface area (Å²) in [5, 5.41) is 7.51. The van der Waals surface area contributed by atoms with Gasteiger partial charge in [0.05, 0.1) is 23.9 Å². The fraction of sp³-hybridized carbons (Fsp3) is 0.179. The molecule has 1 aliphatic rings. The number of benzene rings is 3. The number of pyridine rings is 1. The quantitative estimate of drug-likeness (QED) is 0.380. The molecule has 0 saturated heterocycles. The molecule has 0 spiro atoms. The number of rotatable bonds is 5. The van der Waals surface area contributed by atoms with Crippen molar-refractivity contribution in [3.8, 4) is 16.9 Å². The first-order valence-electron chi connectivity index (χ1n) is 11.5. The Morgan fingerprint density at radius 1 is 1.09 bits per heavy atom. The maximum absolute atomic E-state index is 13.5. The average molecular weight is 486 g/mol. The van der Waals surface area contributed by atoms with E-state index in [0.717, 1.165) is 22.1 Å². The van der Waals surface area contributed by atoms with Gasteiger partial charge in [0.15, 0.2) is 0 Å². The van der Waals surface area contributed by atoms with E-state index in [1.807, 2.05) is 67.6 Å². The lowest BCUT2D eigenvalue weighted by Crippen LogP contribution is -2.24. The van der Waals surface area contributed by atoms with Crippen LogP contribution in [0.2, 0.25) is 5.02 Å². The summed E-state index contributed by atoms with van der Waals surface area (Å²) in [6, 6.07) is 22.3. The molecule has 5 rings (SSSR count). The molecule has 0 fully saturated rings. The van der Waals surface area contributed by atoms with Gasteiger partial charge in [-0.1, -0.05) is 60.1 Å². The van der Waals surface area contributed by atoms with Crippen LogP contribution >= 0.6 is 11.6 Å². The summed E-state index contributed by atoms with van der Waals surface area (Å²) >= 11 is 6.36. The molecule has 0 saturated carbocycles. The molecule has 1 aliphatic heterocycles. The molecule has 1 unspecified atom stereocenters. The molecule has 4 aromatic rings. The molecule has 6 nitrogen and oxygen atoms in total. The van der Waals surface area contributed by atoms with E-state index in [2.05, 4.69) is 10.1 Å². The molecule has 0 radical (unpaired) electrons. The molecular weight excluding hydrogens is 462 g/mol.